The minimum atomic E-state index is -0.999. The smallest absolute Gasteiger partial charge is 0.396 e. The van der Waals surface area contributed by atoms with E-state index >= 15 is 0 Å². The van der Waals surface area contributed by atoms with Crippen LogP contribution >= 0.6 is 11.6 Å². The van der Waals surface area contributed by atoms with Gasteiger partial charge in [0.15, 0.2) is 0 Å². The molecule has 0 saturated heterocycles. The van der Waals surface area contributed by atoms with Gasteiger partial charge < -0.3 is 4.74 Å². The van der Waals surface area contributed by atoms with Crippen LogP contribution in [0.1, 0.15) is 0 Å². The first-order valence-electron chi connectivity index (χ1n) is 4.41. The number of hydrogen-bond acceptors (Lipinski definition) is 3. The van der Waals surface area contributed by atoms with Gasteiger partial charge in [-0.3, -0.25) is 9.89 Å². The van der Waals surface area contributed by atoms with Gasteiger partial charge in [-0.15, -0.1) is 0 Å². The molecule has 0 aliphatic heterocycles. The van der Waals surface area contributed by atoms with Crippen molar-refractivity contribution in [3.63, 3.8) is 0 Å². The average Bonchev–Trinajstić information content (AvgIpc) is 2.60. The lowest BCUT2D eigenvalue weighted by molar-refractivity contribution is 0.223. The van der Waals surface area contributed by atoms with Gasteiger partial charge in [-0.05, 0) is 12.1 Å². The van der Waals surface area contributed by atoms with Crippen LogP contribution in [-0.2, 0) is 0 Å². The van der Waals surface area contributed by atoms with Crippen LogP contribution in [-0.4, -0.2) is 15.2 Å². The highest BCUT2D eigenvalue weighted by Crippen LogP contribution is 2.08. The van der Waals surface area contributed by atoms with Gasteiger partial charge in [0.05, 0.1) is 11.8 Å². The summed E-state index contributed by atoms with van der Waals surface area (Å²) in [4.78, 5) is 22.0. The molecule has 1 aromatic carbocycles. The number of hydrogen-bond donors (Lipinski definition) is 1. The van der Waals surface area contributed by atoms with E-state index in [-0.39, 0.29) is 11.4 Å². The third kappa shape index (κ3) is 2.14. The van der Waals surface area contributed by atoms with Crippen LogP contribution in [0, 0.1) is 0 Å². The third-order valence-electron chi connectivity index (χ3n) is 1.90. The zero-order valence-corrected chi connectivity index (χ0v) is 8.77. The molecule has 82 valence electrons. The Kier molecular flexibility index (Phi) is 2.78. The molecule has 0 radical (unpaired) electrons. The molecule has 0 unspecified atom stereocenters. The molecule has 6 heteroatoms. The molecule has 16 heavy (non-hydrogen) atoms. The second-order valence-corrected chi connectivity index (χ2v) is 3.28. The molecule has 1 N–H and O–H groups in total. The van der Waals surface area contributed by atoms with Crippen LogP contribution < -0.4 is 10.3 Å². The number of para-hydroxylation sites is 1. The molecule has 1 heterocycles. The number of aromatic amines is 1. The lowest BCUT2D eigenvalue weighted by atomic mass is 10.3. The van der Waals surface area contributed by atoms with Crippen molar-refractivity contribution in [2.24, 2.45) is 0 Å². The Hall–Kier alpha value is -2.01. The molecule has 0 aliphatic carbocycles. The highest BCUT2D eigenvalue weighted by Gasteiger charge is 2.07. The Bertz CT molecular complexity index is 559. The van der Waals surface area contributed by atoms with Crippen LogP contribution in [0.15, 0.2) is 41.2 Å². The van der Waals surface area contributed by atoms with Crippen molar-refractivity contribution in [3.8, 4) is 11.6 Å². The number of rotatable bonds is 2. The monoisotopic (exact) mass is 238 g/mol. The quantitative estimate of drug-likeness (QED) is 0.813. The van der Waals surface area contributed by atoms with Gasteiger partial charge in [-0.1, -0.05) is 18.2 Å². The highest BCUT2D eigenvalue weighted by molar-refractivity contribution is 6.61. The first-order chi connectivity index (χ1) is 7.66. The summed E-state index contributed by atoms with van der Waals surface area (Å²) in [5.74, 6) is 0.00820. The Morgan fingerprint density at radius 1 is 1.31 bits per heavy atom. The summed E-state index contributed by atoms with van der Waals surface area (Å²) in [5.41, 5.74) is -0.690. The predicted molar refractivity (Wildman–Crippen MR) is 58.3 cm³/mol. The van der Waals surface area contributed by atoms with E-state index in [1.807, 2.05) is 6.07 Å². The number of nitrogens with one attached hydrogen (secondary N) is 1. The Morgan fingerprint density at radius 3 is 2.62 bits per heavy atom. The van der Waals surface area contributed by atoms with Gasteiger partial charge in [0.2, 0.25) is 5.88 Å². The predicted octanol–water partition coefficient (Wildman–Crippen LogP) is 1.90. The topological polar surface area (TPSA) is 64.1 Å². The van der Waals surface area contributed by atoms with E-state index in [0.29, 0.717) is 5.69 Å². The minimum absolute atomic E-state index is 0.00820. The maximum Gasteiger partial charge on any atom is 0.410 e. The lowest BCUT2D eigenvalue weighted by Crippen LogP contribution is -2.12. The van der Waals surface area contributed by atoms with Gasteiger partial charge in [0.1, 0.15) is 0 Å². The molecule has 0 fully saturated rings. The van der Waals surface area contributed by atoms with Gasteiger partial charge in [0, 0.05) is 11.6 Å². The van der Waals surface area contributed by atoms with Crippen LogP contribution in [0.3, 0.4) is 0 Å². The van der Waals surface area contributed by atoms with E-state index in [9.17, 15) is 9.59 Å². The fourth-order valence-electron chi connectivity index (χ4n) is 1.28. The van der Waals surface area contributed by atoms with Crippen molar-refractivity contribution in [3.05, 3.63) is 46.8 Å². The van der Waals surface area contributed by atoms with Gasteiger partial charge >= 0.3 is 5.43 Å². The first kappa shape index (κ1) is 10.5. The number of halogens is 1. The van der Waals surface area contributed by atoms with Crippen molar-refractivity contribution in [2.75, 3.05) is 0 Å². The van der Waals surface area contributed by atoms with E-state index in [1.54, 1.807) is 24.3 Å². The second kappa shape index (κ2) is 4.24. The van der Waals surface area contributed by atoms with Gasteiger partial charge in [-0.25, -0.2) is 9.48 Å². The Balaban J connectivity index is 2.40. The zero-order chi connectivity index (χ0) is 11.5. The van der Waals surface area contributed by atoms with Gasteiger partial charge in [0.25, 0.3) is 5.56 Å². The summed E-state index contributed by atoms with van der Waals surface area (Å²) in [6.07, 6.45) is 0. The Labute approximate surface area is 95.2 Å². The van der Waals surface area contributed by atoms with Crippen LogP contribution in [0.25, 0.3) is 5.69 Å². The average molecular weight is 239 g/mol. The first-order valence-corrected chi connectivity index (χ1v) is 4.79. The van der Waals surface area contributed by atoms with Crippen LogP contribution in [0.4, 0.5) is 4.79 Å². The molecule has 0 spiro atoms. The standard InChI is InChI=1S/C10H7ClN2O3/c11-10(15)16-8-6-9(14)13(12-8)7-4-2-1-3-5-7/h1-6,12H. The van der Waals surface area contributed by atoms with E-state index in [4.69, 9.17) is 11.6 Å². The highest BCUT2D eigenvalue weighted by atomic mass is 35.5. The number of nitrogens with zero attached hydrogens (tertiary/aromatic N) is 1. The van der Waals surface area contributed by atoms with Crippen LogP contribution in [0.2, 0.25) is 0 Å². The molecular weight excluding hydrogens is 232 g/mol. The maximum absolute atomic E-state index is 11.5. The van der Waals surface area contributed by atoms with E-state index in [1.165, 1.54) is 4.68 Å². The van der Waals surface area contributed by atoms with E-state index in [0.717, 1.165) is 6.07 Å². The molecule has 0 bridgehead atoms. The van der Waals surface area contributed by atoms with Crippen LogP contribution in [0.5, 0.6) is 5.88 Å². The molecule has 0 amide bonds. The summed E-state index contributed by atoms with van der Waals surface area (Å²) in [5, 5.41) is 2.61. The number of aromatic nitrogens is 2. The number of ether oxygens (including phenoxy) is 1. The minimum Gasteiger partial charge on any atom is -0.396 e. The summed E-state index contributed by atoms with van der Waals surface area (Å²) in [6, 6.07) is 10.0. The molecule has 2 rings (SSSR count). The lowest BCUT2D eigenvalue weighted by Gasteiger charge is -2.00. The second-order valence-electron chi connectivity index (χ2n) is 2.97. The molecule has 2 aromatic rings. The number of carbonyl (C=O) groups excluding carboxylic acids is 1. The number of carbonyl (C=O) groups is 1. The summed E-state index contributed by atoms with van der Waals surface area (Å²) < 4.78 is 5.79. The Morgan fingerprint density at radius 2 is 2.00 bits per heavy atom. The molecule has 5 nitrogen and oxygen atoms in total. The van der Waals surface area contributed by atoms with Crippen molar-refractivity contribution in [2.45, 2.75) is 0 Å². The molecule has 1 aromatic heterocycles. The molecule has 0 saturated carbocycles. The summed E-state index contributed by atoms with van der Waals surface area (Å²) in [6.45, 7) is 0. The normalized spacial score (nSPS) is 10.1. The number of H-pyrrole nitrogens is 1. The fourth-order valence-corrected chi connectivity index (χ4v) is 1.36. The zero-order valence-electron chi connectivity index (χ0n) is 8.01. The largest absolute Gasteiger partial charge is 0.410 e. The maximum atomic E-state index is 11.5. The van der Waals surface area contributed by atoms with E-state index < -0.39 is 5.43 Å². The van der Waals surface area contributed by atoms with Crippen molar-refractivity contribution >= 4 is 17.0 Å². The molecule has 0 atom stereocenters. The third-order valence-corrected chi connectivity index (χ3v) is 1.98. The van der Waals surface area contributed by atoms with Crippen molar-refractivity contribution < 1.29 is 9.53 Å². The molecular formula is C10H7ClN2O3. The van der Waals surface area contributed by atoms with E-state index in [2.05, 4.69) is 9.84 Å². The summed E-state index contributed by atoms with van der Waals surface area (Å²) >= 11 is 5.03. The number of benzene rings is 1. The van der Waals surface area contributed by atoms with Crippen molar-refractivity contribution in [1.82, 2.24) is 9.78 Å². The van der Waals surface area contributed by atoms with Gasteiger partial charge in [-0.2, -0.15) is 0 Å². The molecule has 0 aliphatic rings. The summed E-state index contributed by atoms with van der Waals surface area (Å²) in [7, 11) is 0. The fraction of sp³-hybridized carbons (Fsp3) is 0. The van der Waals surface area contributed by atoms with Crippen molar-refractivity contribution in [1.29, 1.82) is 0 Å². The SMILES string of the molecule is O=C(Cl)Oc1cc(=O)n(-c2ccccc2)[nH]1.